The van der Waals surface area contributed by atoms with E-state index in [2.05, 4.69) is 99.9 Å². The zero-order chi connectivity index (χ0) is 21.3. The van der Waals surface area contributed by atoms with E-state index in [4.69, 9.17) is 0 Å². The van der Waals surface area contributed by atoms with E-state index in [0.29, 0.717) is 35.5 Å². The summed E-state index contributed by atoms with van der Waals surface area (Å²) in [6, 6.07) is 0. The van der Waals surface area contributed by atoms with Crippen LogP contribution < -0.4 is 37.7 Å². The van der Waals surface area contributed by atoms with Gasteiger partial charge >= 0.3 is 37.7 Å². The molecule has 3 heteroatoms. The molecule has 0 aromatic heterocycles. The molecule has 160 valence electrons. The Morgan fingerprint density at radius 2 is 1.09 bits per heavy atom. The molecular weight excluding hydrogens is 402 g/mol. The van der Waals surface area contributed by atoms with Gasteiger partial charge in [0.1, 0.15) is 8.07 Å². The molecule has 6 rings (SSSR count). The van der Waals surface area contributed by atoms with Gasteiger partial charge in [-0.2, -0.15) is 0 Å². The molecular formula is C30H34Li2Si. The van der Waals surface area contributed by atoms with Gasteiger partial charge in [0, 0.05) is 0 Å². The van der Waals surface area contributed by atoms with Crippen molar-refractivity contribution in [3.05, 3.63) is 106 Å². The molecule has 0 spiro atoms. The maximum absolute atomic E-state index is 2.67. The summed E-state index contributed by atoms with van der Waals surface area (Å²) in [6.45, 7) is 10.1. The van der Waals surface area contributed by atoms with Crippen LogP contribution in [0.25, 0.3) is 0 Å². The van der Waals surface area contributed by atoms with E-state index in [0.717, 1.165) is 0 Å². The Kier molecular flexibility index (Phi) is 7.07. The van der Waals surface area contributed by atoms with Crippen molar-refractivity contribution >= 4 is 8.07 Å². The van der Waals surface area contributed by atoms with Crippen LogP contribution in [0.3, 0.4) is 0 Å². The summed E-state index contributed by atoms with van der Waals surface area (Å²) < 4.78 is 0. The minimum absolute atomic E-state index is 0. The third-order valence-corrected chi connectivity index (χ3v) is 13.3. The first-order valence-electron chi connectivity index (χ1n) is 12.2. The average molecular weight is 437 g/mol. The number of hydrogen-bond donors (Lipinski definition) is 0. The van der Waals surface area contributed by atoms with Crippen molar-refractivity contribution in [3.8, 4) is 0 Å². The van der Waals surface area contributed by atoms with Gasteiger partial charge in [-0.05, 0) is 25.7 Å². The van der Waals surface area contributed by atoms with E-state index in [-0.39, 0.29) is 37.7 Å². The number of rotatable bonds is 2. The zero-order valence-corrected chi connectivity index (χ0v) is 22.3. The van der Waals surface area contributed by atoms with Gasteiger partial charge in [-0.3, -0.25) is 0 Å². The van der Waals surface area contributed by atoms with Crippen LogP contribution in [0.5, 0.6) is 0 Å². The van der Waals surface area contributed by atoms with Crippen molar-refractivity contribution in [2.24, 2.45) is 35.5 Å². The molecule has 0 amide bonds. The summed E-state index contributed by atoms with van der Waals surface area (Å²) >= 11 is 0. The molecule has 6 aliphatic carbocycles. The van der Waals surface area contributed by atoms with Gasteiger partial charge in [0.15, 0.2) is 0 Å². The summed E-state index contributed by atoms with van der Waals surface area (Å²) in [5.41, 5.74) is 3.14. The van der Waals surface area contributed by atoms with Crippen molar-refractivity contribution in [1.29, 1.82) is 0 Å². The molecule has 2 saturated carbocycles. The summed E-state index contributed by atoms with van der Waals surface area (Å²) in [4.78, 5) is 0. The van der Waals surface area contributed by atoms with E-state index < -0.39 is 8.07 Å². The van der Waals surface area contributed by atoms with E-state index in [1.54, 1.807) is 23.0 Å². The molecule has 0 radical (unpaired) electrons. The predicted octanol–water partition coefficient (Wildman–Crippen LogP) is 1.46. The normalized spacial score (nSPS) is 35.3. The molecule has 0 nitrogen and oxygen atoms in total. The van der Waals surface area contributed by atoms with Crippen molar-refractivity contribution < 1.29 is 37.7 Å². The van der Waals surface area contributed by atoms with Crippen LogP contribution in [0.1, 0.15) is 26.7 Å². The molecule has 6 aliphatic rings. The molecule has 0 N–H and O–H groups in total. The molecule has 6 atom stereocenters. The quantitative estimate of drug-likeness (QED) is 0.454. The second kappa shape index (κ2) is 9.26. The van der Waals surface area contributed by atoms with Gasteiger partial charge in [-0.1, -0.05) is 95.5 Å². The molecule has 2 fully saturated rings. The average Bonchev–Trinajstić information content (AvgIpc) is 3.30. The summed E-state index contributed by atoms with van der Waals surface area (Å²) in [5.74, 6) is 7.21. The zero-order valence-electron chi connectivity index (χ0n) is 21.3. The van der Waals surface area contributed by atoms with Crippen LogP contribution in [-0.4, -0.2) is 8.07 Å². The standard InChI is InChI=1S/C30H34Si.2Li/c1-19-13-15-25-23-11-7-5-9-21(23)17-27(25)29(19)31(3,4)30-20(2)14-16-26-24-12-8-6-10-22(24)18-28(26)30;;/h5-16,21-22,25-28H,17-18H2,1-4H3;;/q-2;2*+1. The Labute approximate surface area is 226 Å². The first kappa shape index (κ1) is 25.2. The van der Waals surface area contributed by atoms with Crippen LogP contribution in [0, 0.1) is 47.3 Å². The third-order valence-electron chi connectivity index (χ3n) is 9.04. The number of allylic oxidation sites excluding steroid dienone is 16. The van der Waals surface area contributed by atoms with Crippen molar-refractivity contribution in [1.82, 2.24) is 0 Å². The van der Waals surface area contributed by atoms with E-state index in [1.165, 1.54) is 12.8 Å². The fourth-order valence-electron chi connectivity index (χ4n) is 8.05. The third kappa shape index (κ3) is 3.81. The smallest absolute Gasteiger partial charge is 0.224 e. The van der Waals surface area contributed by atoms with E-state index in [1.807, 2.05) is 10.4 Å². The second-order valence-corrected chi connectivity index (χ2v) is 15.3. The van der Waals surface area contributed by atoms with Gasteiger partial charge in [0.2, 0.25) is 0 Å². The maximum Gasteiger partial charge on any atom is 1.00 e. The van der Waals surface area contributed by atoms with E-state index in [9.17, 15) is 0 Å². The Morgan fingerprint density at radius 1 is 0.667 bits per heavy atom. The number of hydrogen-bond acceptors (Lipinski definition) is 0. The van der Waals surface area contributed by atoms with Crippen molar-refractivity contribution in [2.45, 2.75) is 39.8 Å². The maximum atomic E-state index is 2.67. The molecule has 33 heavy (non-hydrogen) atoms. The topological polar surface area (TPSA) is 0 Å². The summed E-state index contributed by atoms with van der Waals surface area (Å²) in [6.07, 6.45) is 31.3. The monoisotopic (exact) mass is 436 g/mol. The van der Waals surface area contributed by atoms with Crippen LogP contribution in [-0.2, 0) is 0 Å². The van der Waals surface area contributed by atoms with Crippen LogP contribution in [0.4, 0.5) is 0 Å². The van der Waals surface area contributed by atoms with Crippen molar-refractivity contribution in [3.63, 3.8) is 0 Å². The largest absolute Gasteiger partial charge is 1.00 e. The minimum atomic E-state index is -1.79. The molecule has 0 saturated heterocycles. The van der Waals surface area contributed by atoms with Gasteiger partial charge in [0.25, 0.3) is 0 Å². The first-order valence-corrected chi connectivity index (χ1v) is 15.2. The molecule has 0 heterocycles. The Balaban J connectivity index is 0.00000130. The van der Waals surface area contributed by atoms with Crippen LogP contribution >= 0.6 is 0 Å². The van der Waals surface area contributed by atoms with E-state index >= 15 is 0 Å². The van der Waals surface area contributed by atoms with Gasteiger partial charge in [-0.15, -0.1) is 24.3 Å². The molecule has 0 aliphatic heterocycles. The minimum Gasteiger partial charge on any atom is -0.224 e. The summed E-state index contributed by atoms with van der Waals surface area (Å²) in [5, 5.41) is 3.69. The molecule has 0 bridgehead atoms. The van der Waals surface area contributed by atoms with Gasteiger partial charge in [0.05, 0.1) is 0 Å². The second-order valence-electron chi connectivity index (χ2n) is 11.0. The summed E-state index contributed by atoms with van der Waals surface area (Å²) in [7, 11) is -1.79. The fourth-order valence-corrected chi connectivity index (χ4v) is 12.9. The van der Waals surface area contributed by atoms with Crippen molar-refractivity contribution in [2.75, 3.05) is 0 Å². The van der Waals surface area contributed by atoms with Gasteiger partial charge in [-0.25, -0.2) is 36.1 Å². The molecule has 0 aromatic rings. The van der Waals surface area contributed by atoms with Crippen LogP contribution in [0.2, 0.25) is 13.1 Å². The SMILES string of the molecule is CC1=C([Si](C)(C)C2=C(C)C=CC3[C-]4C=CC=CC4CC23)C2CC3C=CC=C[C-]3C2C=C1.[Li+].[Li+]. The fraction of sp³-hybridized carbons (Fsp3) is 0.400. The first-order chi connectivity index (χ1) is 15.0. The predicted molar refractivity (Wildman–Crippen MR) is 134 cm³/mol. The Morgan fingerprint density at radius 3 is 1.52 bits per heavy atom. The molecule has 6 unspecified atom stereocenters. The Bertz CT molecular complexity index is 965. The molecule has 0 aromatic carbocycles. The number of fused-ring (bicyclic) bond motifs is 6. The van der Waals surface area contributed by atoms with Crippen LogP contribution in [0.15, 0.2) is 94.5 Å². The Hall–Kier alpha value is -0.928. The van der Waals surface area contributed by atoms with Gasteiger partial charge < -0.3 is 0 Å².